The summed E-state index contributed by atoms with van der Waals surface area (Å²) in [5.74, 6) is 0.0509. The minimum absolute atomic E-state index is 0.154. The molecule has 0 unspecified atom stereocenters. The van der Waals surface area contributed by atoms with Gasteiger partial charge in [0.2, 0.25) is 0 Å². The molecule has 6 heteroatoms. The van der Waals surface area contributed by atoms with Gasteiger partial charge in [0, 0.05) is 5.57 Å². The molecule has 0 fully saturated rings. The van der Waals surface area contributed by atoms with Crippen molar-refractivity contribution in [3.05, 3.63) is 57.7 Å². The van der Waals surface area contributed by atoms with Crippen molar-refractivity contribution in [1.29, 1.82) is 0 Å². The van der Waals surface area contributed by atoms with Crippen LogP contribution in [-0.2, 0) is 15.9 Å². The van der Waals surface area contributed by atoms with E-state index in [9.17, 15) is 9.59 Å². The molecule has 27 heavy (non-hydrogen) atoms. The Kier molecular flexibility index (Phi) is 5.96. The summed E-state index contributed by atoms with van der Waals surface area (Å²) >= 11 is 1.17. The van der Waals surface area contributed by atoms with Crippen molar-refractivity contribution in [2.24, 2.45) is 0 Å². The van der Waals surface area contributed by atoms with Crippen LogP contribution in [-0.4, -0.2) is 25.0 Å². The predicted molar refractivity (Wildman–Crippen MR) is 104 cm³/mol. The number of allylic oxidation sites excluding steroid dienone is 1. The summed E-state index contributed by atoms with van der Waals surface area (Å²) in [7, 11) is 0. The number of ketones is 1. The second-order valence-corrected chi connectivity index (χ2v) is 7.12. The third kappa shape index (κ3) is 4.06. The van der Waals surface area contributed by atoms with E-state index >= 15 is 0 Å². The van der Waals surface area contributed by atoms with Crippen molar-refractivity contribution >= 4 is 23.1 Å². The number of esters is 1. The number of fused-ring (bicyclic) bond motifs is 1. The molecular weight excluding hydrogens is 364 g/mol. The van der Waals surface area contributed by atoms with Crippen LogP contribution in [0.15, 0.2) is 36.1 Å². The van der Waals surface area contributed by atoms with Crippen molar-refractivity contribution in [1.82, 2.24) is 0 Å². The second kappa shape index (κ2) is 8.39. The van der Waals surface area contributed by atoms with E-state index in [0.717, 1.165) is 5.56 Å². The predicted octanol–water partition coefficient (Wildman–Crippen LogP) is 5.07. The quantitative estimate of drug-likeness (QED) is 0.394. The molecular formula is C21H22O5S. The van der Waals surface area contributed by atoms with E-state index in [4.69, 9.17) is 14.2 Å². The van der Waals surface area contributed by atoms with Crippen molar-refractivity contribution < 1.29 is 23.8 Å². The van der Waals surface area contributed by atoms with Gasteiger partial charge in [0.1, 0.15) is 10.6 Å². The molecule has 2 aromatic rings. The molecule has 142 valence electrons. The van der Waals surface area contributed by atoms with E-state index in [1.165, 1.54) is 17.6 Å². The number of hydrogen-bond acceptors (Lipinski definition) is 6. The van der Waals surface area contributed by atoms with E-state index < -0.39 is 5.97 Å². The number of carbonyl (C=O) groups is 2. The Balaban J connectivity index is 2.03. The van der Waals surface area contributed by atoms with Crippen LogP contribution in [0.25, 0.3) is 0 Å². The normalized spacial score (nSPS) is 14.8. The fraction of sp³-hybridized carbons (Fsp3) is 0.333. The summed E-state index contributed by atoms with van der Waals surface area (Å²) in [6, 6.07) is 7.55. The van der Waals surface area contributed by atoms with Crippen molar-refractivity contribution in [2.45, 2.75) is 33.6 Å². The number of aryl methyl sites for hydroxylation is 1. The summed E-state index contributed by atoms with van der Waals surface area (Å²) in [6.45, 7) is 6.39. The first-order valence-corrected chi connectivity index (χ1v) is 9.79. The smallest absolute Gasteiger partial charge is 0.348 e. The lowest BCUT2D eigenvalue weighted by atomic mass is 9.88. The van der Waals surface area contributed by atoms with Crippen LogP contribution in [0, 0.1) is 6.92 Å². The fourth-order valence-corrected chi connectivity index (χ4v) is 4.00. The van der Waals surface area contributed by atoms with E-state index in [-0.39, 0.29) is 12.4 Å². The third-order valence-electron chi connectivity index (χ3n) is 4.22. The van der Waals surface area contributed by atoms with Gasteiger partial charge >= 0.3 is 5.97 Å². The van der Waals surface area contributed by atoms with Crippen molar-refractivity contribution in [2.75, 3.05) is 13.2 Å². The molecule has 1 heterocycles. The summed E-state index contributed by atoms with van der Waals surface area (Å²) < 4.78 is 16.5. The Morgan fingerprint density at radius 2 is 1.89 bits per heavy atom. The molecule has 1 aliphatic rings. The highest BCUT2D eigenvalue weighted by atomic mass is 32.1. The first-order chi connectivity index (χ1) is 13.0. The van der Waals surface area contributed by atoms with Crippen molar-refractivity contribution in [3.8, 4) is 10.8 Å². The van der Waals surface area contributed by atoms with Gasteiger partial charge in [-0.1, -0.05) is 29.0 Å². The molecule has 0 bridgehead atoms. The van der Waals surface area contributed by atoms with E-state index in [1.54, 1.807) is 6.92 Å². The molecule has 0 spiro atoms. The van der Waals surface area contributed by atoms with Gasteiger partial charge in [-0.25, -0.2) is 4.79 Å². The molecule has 5 nitrogen and oxygen atoms in total. The molecule has 0 amide bonds. The zero-order chi connectivity index (χ0) is 19.4. The molecule has 1 aromatic heterocycles. The lowest BCUT2D eigenvalue weighted by Gasteiger charge is -2.16. The third-order valence-corrected chi connectivity index (χ3v) is 5.31. The molecule has 0 atom stereocenters. The number of benzene rings is 1. The molecule has 0 radical (unpaired) electrons. The lowest BCUT2D eigenvalue weighted by molar-refractivity contribution is 0.0531. The molecule has 3 rings (SSSR count). The Morgan fingerprint density at radius 1 is 1.15 bits per heavy atom. The molecule has 0 saturated carbocycles. The average Bonchev–Trinajstić information content (AvgIpc) is 3.02. The average molecular weight is 386 g/mol. The first kappa shape index (κ1) is 19.2. The Hall–Kier alpha value is -2.60. The molecule has 0 saturated heterocycles. The SMILES string of the molecule is CCO/C=C1\CCc2c(C(=O)OCC)sc(Oc3ccc(C)cc3)c2C1=O. The Morgan fingerprint density at radius 3 is 2.56 bits per heavy atom. The number of thiophene rings is 1. The van der Waals surface area contributed by atoms with Gasteiger partial charge in [-0.2, -0.15) is 0 Å². The van der Waals surface area contributed by atoms with Crippen LogP contribution in [0.2, 0.25) is 0 Å². The topological polar surface area (TPSA) is 61.8 Å². The van der Waals surface area contributed by atoms with E-state index in [1.807, 2.05) is 38.1 Å². The first-order valence-electron chi connectivity index (χ1n) is 8.97. The zero-order valence-corrected chi connectivity index (χ0v) is 16.5. The van der Waals surface area contributed by atoms with Crippen LogP contribution in [0.4, 0.5) is 0 Å². The second-order valence-electron chi connectivity index (χ2n) is 6.14. The van der Waals surface area contributed by atoms with Crippen LogP contribution < -0.4 is 4.74 Å². The van der Waals surface area contributed by atoms with E-state index in [2.05, 4.69) is 0 Å². The minimum Gasteiger partial charge on any atom is -0.501 e. The summed E-state index contributed by atoms with van der Waals surface area (Å²) in [5.41, 5.74) is 2.85. The number of Topliss-reactive ketones (excluding diaryl/α,β-unsaturated/α-hetero) is 1. The van der Waals surface area contributed by atoms with Gasteiger partial charge in [-0.3, -0.25) is 4.79 Å². The Bertz CT molecular complexity index is 877. The van der Waals surface area contributed by atoms with Crippen LogP contribution in [0.3, 0.4) is 0 Å². The largest absolute Gasteiger partial charge is 0.501 e. The maximum absolute atomic E-state index is 13.0. The summed E-state index contributed by atoms with van der Waals surface area (Å²) in [4.78, 5) is 25.8. The van der Waals surface area contributed by atoms with Crippen LogP contribution >= 0.6 is 11.3 Å². The summed E-state index contributed by atoms with van der Waals surface area (Å²) in [5, 5.41) is 0.420. The van der Waals surface area contributed by atoms with Crippen LogP contribution in [0.1, 0.15) is 51.4 Å². The monoisotopic (exact) mass is 386 g/mol. The standard InChI is InChI=1S/C21H22O5S/c1-4-24-12-14-8-11-16-17(18(14)22)21(27-19(16)20(23)25-5-2)26-15-9-6-13(3)7-10-15/h6-7,9-10,12H,4-5,8,11H2,1-3H3/b14-12+. The number of ether oxygens (including phenoxy) is 3. The highest BCUT2D eigenvalue weighted by Crippen LogP contribution is 2.43. The van der Waals surface area contributed by atoms with Gasteiger partial charge in [0.15, 0.2) is 10.8 Å². The lowest BCUT2D eigenvalue weighted by Crippen LogP contribution is -2.16. The molecule has 0 N–H and O–H groups in total. The van der Waals surface area contributed by atoms with Crippen molar-refractivity contribution in [3.63, 3.8) is 0 Å². The number of hydrogen-bond donors (Lipinski definition) is 0. The number of carbonyl (C=O) groups excluding carboxylic acids is 2. The Labute approximate surface area is 162 Å². The molecule has 0 aliphatic heterocycles. The van der Waals surface area contributed by atoms with Crippen LogP contribution in [0.5, 0.6) is 10.8 Å². The van der Waals surface area contributed by atoms with E-state index in [0.29, 0.717) is 51.8 Å². The maximum atomic E-state index is 13.0. The fourth-order valence-electron chi connectivity index (χ4n) is 2.89. The minimum atomic E-state index is -0.414. The van der Waals surface area contributed by atoms with Gasteiger partial charge in [0.25, 0.3) is 0 Å². The molecule has 1 aromatic carbocycles. The summed E-state index contributed by atoms with van der Waals surface area (Å²) in [6.07, 6.45) is 2.61. The zero-order valence-electron chi connectivity index (χ0n) is 15.7. The maximum Gasteiger partial charge on any atom is 0.348 e. The molecule has 1 aliphatic carbocycles. The van der Waals surface area contributed by atoms with Gasteiger partial charge < -0.3 is 14.2 Å². The van der Waals surface area contributed by atoms with Gasteiger partial charge in [0.05, 0.1) is 25.0 Å². The van der Waals surface area contributed by atoms with Gasteiger partial charge in [-0.05, 0) is 51.3 Å². The highest BCUT2D eigenvalue weighted by molar-refractivity contribution is 7.16. The van der Waals surface area contributed by atoms with Gasteiger partial charge in [-0.15, -0.1) is 0 Å². The highest BCUT2D eigenvalue weighted by Gasteiger charge is 2.34. The number of rotatable bonds is 6.